The van der Waals surface area contributed by atoms with E-state index in [1.165, 1.54) is 50.6 Å². The van der Waals surface area contributed by atoms with Crippen LogP contribution in [-0.4, -0.2) is 25.7 Å². The maximum atomic E-state index is 5.55. The van der Waals surface area contributed by atoms with Crippen molar-refractivity contribution in [3.63, 3.8) is 0 Å². The fourth-order valence-corrected chi connectivity index (χ4v) is 4.01. The van der Waals surface area contributed by atoms with Gasteiger partial charge in [0.1, 0.15) is 5.75 Å². The lowest BCUT2D eigenvalue weighted by molar-refractivity contribution is 0.262. The average molecular weight is 288 g/mol. The summed E-state index contributed by atoms with van der Waals surface area (Å²) in [5.41, 5.74) is 2.40. The summed E-state index contributed by atoms with van der Waals surface area (Å²) in [5, 5.41) is 7.50. The Morgan fingerprint density at radius 1 is 1.14 bits per heavy atom. The third kappa shape index (κ3) is 3.34. The van der Waals surface area contributed by atoms with Crippen LogP contribution in [0.25, 0.3) is 0 Å². The molecule has 1 saturated carbocycles. The van der Waals surface area contributed by atoms with Gasteiger partial charge in [0.25, 0.3) is 0 Å². The number of nitrogens with one attached hydrogen (secondary N) is 2. The van der Waals surface area contributed by atoms with E-state index in [9.17, 15) is 0 Å². The molecule has 21 heavy (non-hydrogen) atoms. The number of hydrogen-bond acceptors (Lipinski definition) is 3. The molecule has 1 aliphatic carbocycles. The van der Waals surface area contributed by atoms with Crippen LogP contribution in [0.4, 0.5) is 5.69 Å². The number of methoxy groups -OCH3 is 1. The summed E-state index contributed by atoms with van der Waals surface area (Å²) in [4.78, 5) is 0. The van der Waals surface area contributed by atoms with E-state index in [4.69, 9.17) is 4.74 Å². The largest absolute Gasteiger partial charge is 0.495 e. The lowest BCUT2D eigenvalue weighted by Gasteiger charge is -2.37. The van der Waals surface area contributed by atoms with Gasteiger partial charge in [-0.15, -0.1) is 0 Å². The molecule has 0 bridgehead atoms. The van der Waals surface area contributed by atoms with Gasteiger partial charge >= 0.3 is 0 Å². The Kier molecular flexibility index (Phi) is 4.69. The first kappa shape index (κ1) is 14.7. The molecule has 0 radical (unpaired) electrons. The lowest BCUT2D eigenvalue weighted by Crippen LogP contribution is -2.43. The van der Waals surface area contributed by atoms with Gasteiger partial charge in [0.2, 0.25) is 0 Å². The quantitative estimate of drug-likeness (QED) is 0.886. The van der Waals surface area contributed by atoms with Crippen molar-refractivity contribution in [1.82, 2.24) is 5.32 Å². The van der Waals surface area contributed by atoms with Crippen molar-refractivity contribution >= 4 is 5.69 Å². The first-order valence-electron chi connectivity index (χ1n) is 8.42. The molecule has 1 heterocycles. The molecule has 2 fully saturated rings. The Labute approximate surface area is 128 Å². The molecule has 3 rings (SSSR count). The summed E-state index contributed by atoms with van der Waals surface area (Å²) in [5.74, 6) is 1.73. The Morgan fingerprint density at radius 3 is 2.76 bits per heavy atom. The normalized spacial score (nSPS) is 29.3. The van der Waals surface area contributed by atoms with Gasteiger partial charge in [-0.3, -0.25) is 0 Å². The Balaban J connectivity index is 1.75. The molecule has 116 valence electrons. The van der Waals surface area contributed by atoms with Crippen molar-refractivity contribution in [2.75, 3.05) is 19.0 Å². The fraction of sp³-hybridized carbons (Fsp3) is 0.667. The number of rotatable bonds is 4. The molecule has 1 aromatic carbocycles. The van der Waals surface area contributed by atoms with Gasteiger partial charge in [0, 0.05) is 12.1 Å². The maximum Gasteiger partial charge on any atom is 0.142 e. The van der Waals surface area contributed by atoms with Crippen LogP contribution in [-0.2, 0) is 0 Å². The lowest BCUT2D eigenvalue weighted by atomic mass is 9.79. The third-order valence-corrected chi connectivity index (χ3v) is 5.13. The van der Waals surface area contributed by atoms with Crippen molar-refractivity contribution in [2.24, 2.45) is 5.92 Å². The number of aryl methyl sites for hydroxylation is 1. The monoisotopic (exact) mass is 288 g/mol. The number of ether oxygens (including phenoxy) is 1. The molecular weight excluding hydrogens is 260 g/mol. The molecule has 3 heteroatoms. The summed E-state index contributed by atoms with van der Waals surface area (Å²) < 4.78 is 5.55. The van der Waals surface area contributed by atoms with Gasteiger partial charge in [-0.1, -0.05) is 18.9 Å². The first-order valence-corrected chi connectivity index (χ1v) is 8.42. The highest BCUT2D eigenvalue weighted by atomic mass is 16.5. The van der Waals surface area contributed by atoms with Crippen LogP contribution in [0.15, 0.2) is 18.2 Å². The van der Waals surface area contributed by atoms with Crippen LogP contribution in [0.3, 0.4) is 0 Å². The number of benzene rings is 1. The van der Waals surface area contributed by atoms with Crippen molar-refractivity contribution in [3.8, 4) is 5.75 Å². The zero-order chi connectivity index (χ0) is 14.7. The molecule has 1 saturated heterocycles. The van der Waals surface area contributed by atoms with Gasteiger partial charge in [0.15, 0.2) is 0 Å². The molecule has 1 aliphatic heterocycles. The van der Waals surface area contributed by atoms with Crippen molar-refractivity contribution in [3.05, 3.63) is 23.8 Å². The predicted molar refractivity (Wildman–Crippen MR) is 88.1 cm³/mol. The van der Waals surface area contributed by atoms with E-state index in [1.54, 1.807) is 7.11 Å². The second kappa shape index (κ2) is 6.69. The van der Waals surface area contributed by atoms with E-state index in [0.29, 0.717) is 12.1 Å². The Morgan fingerprint density at radius 2 is 2.00 bits per heavy atom. The average Bonchev–Trinajstić information content (AvgIpc) is 3.03. The zero-order valence-electron chi connectivity index (χ0n) is 13.3. The van der Waals surface area contributed by atoms with E-state index in [0.717, 1.165) is 17.4 Å². The molecule has 2 aliphatic rings. The zero-order valence-corrected chi connectivity index (χ0v) is 13.3. The first-order chi connectivity index (χ1) is 10.3. The summed E-state index contributed by atoms with van der Waals surface area (Å²) >= 11 is 0. The second-order valence-corrected chi connectivity index (χ2v) is 6.61. The number of anilines is 1. The van der Waals surface area contributed by atoms with Crippen LogP contribution in [0.1, 0.15) is 44.1 Å². The highest BCUT2D eigenvalue weighted by Gasteiger charge is 2.33. The van der Waals surface area contributed by atoms with Gasteiger partial charge in [-0.25, -0.2) is 0 Å². The van der Waals surface area contributed by atoms with E-state index in [2.05, 4.69) is 35.8 Å². The number of hydrogen-bond donors (Lipinski definition) is 2. The van der Waals surface area contributed by atoms with Crippen molar-refractivity contribution < 1.29 is 4.74 Å². The fourth-order valence-electron chi connectivity index (χ4n) is 4.01. The van der Waals surface area contributed by atoms with E-state index >= 15 is 0 Å². The topological polar surface area (TPSA) is 33.3 Å². The van der Waals surface area contributed by atoms with E-state index in [1.807, 2.05) is 0 Å². The SMILES string of the molecule is COc1cc(C)ccc1NC1CCCCC1C1CCCN1. The van der Waals surface area contributed by atoms with Crippen LogP contribution in [0.5, 0.6) is 5.75 Å². The van der Waals surface area contributed by atoms with Gasteiger partial charge in [-0.05, 0) is 62.8 Å². The summed E-state index contributed by atoms with van der Waals surface area (Å²) in [6.45, 7) is 3.31. The summed E-state index contributed by atoms with van der Waals surface area (Å²) in [7, 11) is 1.76. The minimum absolute atomic E-state index is 0.575. The molecule has 3 nitrogen and oxygen atoms in total. The summed E-state index contributed by atoms with van der Waals surface area (Å²) in [6.07, 6.45) is 8.03. The molecule has 3 atom stereocenters. The molecule has 0 spiro atoms. The van der Waals surface area contributed by atoms with Crippen LogP contribution < -0.4 is 15.4 Å². The third-order valence-electron chi connectivity index (χ3n) is 5.13. The summed E-state index contributed by atoms with van der Waals surface area (Å²) in [6, 6.07) is 7.73. The van der Waals surface area contributed by atoms with Gasteiger partial charge in [0.05, 0.1) is 12.8 Å². The predicted octanol–water partition coefficient (Wildman–Crippen LogP) is 3.73. The van der Waals surface area contributed by atoms with Crippen LogP contribution >= 0.6 is 0 Å². The maximum absolute atomic E-state index is 5.55. The highest BCUT2D eigenvalue weighted by molar-refractivity contribution is 5.58. The second-order valence-electron chi connectivity index (χ2n) is 6.61. The molecular formula is C18H28N2O. The Hall–Kier alpha value is -1.22. The van der Waals surface area contributed by atoms with E-state index in [-0.39, 0.29) is 0 Å². The van der Waals surface area contributed by atoms with Crippen LogP contribution in [0.2, 0.25) is 0 Å². The van der Waals surface area contributed by atoms with Crippen LogP contribution in [0, 0.1) is 12.8 Å². The Bertz CT molecular complexity index is 468. The van der Waals surface area contributed by atoms with Gasteiger partial charge in [-0.2, -0.15) is 0 Å². The molecule has 0 aromatic heterocycles. The highest BCUT2D eigenvalue weighted by Crippen LogP contribution is 2.35. The van der Waals surface area contributed by atoms with Crippen molar-refractivity contribution in [1.29, 1.82) is 0 Å². The molecule has 2 N–H and O–H groups in total. The van der Waals surface area contributed by atoms with Crippen molar-refractivity contribution in [2.45, 2.75) is 57.5 Å². The standard InChI is InChI=1S/C18H28N2O/c1-13-9-10-17(18(12-13)21-2)20-16-7-4-3-6-14(16)15-8-5-11-19-15/h9-10,12,14-16,19-20H,3-8,11H2,1-2H3. The minimum atomic E-state index is 0.575. The van der Waals surface area contributed by atoms with E-state index < -0.39 is 0 Å². The minimum Gasteiger partial charge on any atom is -0.495 e. The molecule has 1 aromatic rings. The molecule has 0 amide bonds. The van der Waals surface area contributed by atoms with Gasteiger partial charge < -0.3 is 15.4 Å². The molecule has 3 unspecified atom stereocenters. The smallest absolute Gasteiger partial charge is 0.142 e.